The van der Waals surface area contributed by atoms with Crippen molar-refractivity contribution in [3.8, 4) is 0 Å². The predicted molar refractivity (Wildman–Crippen MR) is 67.9 cm³/mol. The Bertz CT molecular complexity index is 300. The topological polar surface area (TPSA) is 29.5 Å². The fourth-order valence-corrected chi connectivity index (χ4v) is 3.20. The lowest BCUT2D eigenvalue weighted by Crippen LogP contribution is -2.42. The highest BCUT2D eigenvalue weighted by molar-refractivity contribution is 5.68. The Morgan fingerprint density at radius 3 is 2.59 bits per heavy atom. The Hall–Kier alpha value is -0.730. The fourth-order valence-electron chi connectivity index (χ4n) is 3.20. The molecule has 0 unspecified atom stereocenters. The number of carbonyl (C=O) groups is 1. The zero-order chi connectivity index (χ0) is 12.7. The molecule has 1 spiro atoms. The lowest BCUT2D eigenvalue weighted by atomic mass is 9.61. The smallest absolute Gasteiger partial charge is 0.410 e. The number of nitrogens with zero attached hydrogens (tertiary/aromatic N) is 1. The summed E-state index contributed by atoms with van der Waals surface area (Å²) in [5, 5.41) is 0. The Kier molecular flexibility index (Phi) is 3.13. The van der Waals surface area contributed by atoms with Crippen LogP contribution in [0.2, 0.25) is 0 Å². The predicted octanol–water partition coefficient (Wildman–Crippen LogP) is 3.43. The molecule has 98 valence electrons. The van der Waals surface area contributed by atoms with Gasteiger partial charge >= 0.3 is 6.09 Å². The van der Waals surface area contributed by atoms with Crippen molar-refractivity contribution < 1.29 is 9.53 Å². The third-order valence-electron chi connectivity index (χ3n) is 4.11. The summed E-state index contributed by atoms with van der Waals surface area (Å²) < 4.78 is 5.42. The van der Waals surface area contributed by atoms with Crippen molar-refractivity contribution in [1.82, 2.24) is 4.90 Å². The Balaban J connectivity index is 1.84. The van der Waals surface area contributed by atoms with Crippen molar-refractivity contribution in [2.24, 2.45) is 11.3 Å². The summed E-state index contributed by atoms with van der Waals surface area (Å²) in [6.45, 7) is 9.83. The second-order valence-corrected chi connectivity index (χ2v) is 6.83. The Morgan fingerprint density at radius 2 is 2.06 bits per heavy atom. The minimum atomic E-state index is -0.377. The van der Waals surface area contributed by atoms with Gasteiger partial charge < -0.3 is 9.64 Å². The molecule has 2 fully saturated rings. The summed E-state index contributed by atoms with van der Waals surface area (Å²) >= 11 is 0. The van der Waals surface area contributed by atoms with E-state index in [4.69, 9.17) is 4.74 Å². The van der Waals surface area contributed by atoms with Crippen molar-refractivity contribution >= 4 is 6.09 Å². The van der Waals surface area contributed by atoms with E-state index in [2.05, 4.69) is 6.92 Å². The second kappa shape index (κ2) is 4.18. The summed E-state index contributed by atoms with van der Waals surface area (Å²) in [5.41, 5.74) is 0.0655. The maximum Gasteiger partial charge on any atom is 0.410 e. The van der Waals surface area contributed by atoms with Crippen LogP contribution in [0.5, 0.6) is 0 Å². The number of hydrogen-bond donors (Lipinski definition) is 0. The Morgan fingerprint density at radius 1 is 1.41 bits per heavy atom. The first-order valence-electron chi connectivity index (χ1n) is 6.81. The third kappa shape index (κ3) is 2.75. The number of hydrogen-bond acceptors (Lipinski definition) is 2. The molecule has 0 radical (unpaired) electrons. The van der Waals surface area contributed by atoms with Gasteiger partial charge in [0.2, 0.25) is 0 Å². The average molecular weight is 239 g/mol. The highest BCUT2D eigenvalue weighted by Gasteiger charge is 2.49. The standard InChI is InChI=1S/C14H25NO2/c1-5-11-8-14(9-11)6-7-15(10-14)12(16)17-13(2,3)4/h11H,5-10H2,1-4H3. The number of rotatable bonds is 1. The fraction of sp³-hybridized carbons (Fsp3) is 0.929. The largest absolute Gasteiger partial charge is 0.444 e. The molecule has 0 atom stereocenters. The minimum absolute atomic E-state index is 0.130. The van der Waals surface area contributed by atoms with Crippen molar-refractivity contribution in [3.63, 3.8) is 0 Å². The van der Waals surface area contributed by atoms with Gasteiger partial charge in [-0.15, -0.1) is 0 Å². The van der Waals surface area contributed by atoms with Crippen LogP contribution in [0.15, 0.2) is 0 Å². The van der Waals surface area contributed by atoms with Gasteiger partial charge in [-0.3, -0.25) is 0 Å². The summed E-state index contributed by atoms with van der Waals surface area (Å²) in [6.07, 6.45) is 4.94. The molecular formula is C14H25NO2. The van der Waals surface area contributed by atoms with E-state index in [1.165, 1.54) is 25.7 Å². The molecule has 2 aliphatic rings. The molecule has 0 aromatic rings. The van der Waals surface area contributed by atoms with Crippen LogP contribution in [0.3, 0.4) is 0 Å². The first kappa shape index (κ1) is 12.7. The van der Waals surface area contributed by atoms with Crippen LogP contribution >= 0.6 is 0 Å². The van der Waals surface area contributed by atoms with Crippen molar-refractivity contribution in [2.75, 3.05) is 13.1 Å². The average Bonchev–Trinajstić information content (AvgIpc) is 2.56. The third-order valence-corrected chi connectivity index (χ3v) is 4.11. The van der Waals surface area contributed by atoms with E-state index >= 15 is 0 Å². The maximum atomic E-state index is 11.9. The van der Waals surface area contributed by atoms with Gasteiger partial charge in [-0.05, 0) is 51.4 Å². The first-order valence-corrected chi connectivity index (χ1v) is 6.81. The molecule has 1 saturated carbocycles. The van der Waals surface area contributed by atoms with Crippen LogP contribution in [0, 0.1) is 11.3 Å². The lowest BCUT2D eigenvalue weighted by Gasteiger charge is -2.45. The first-order chi connectivity index (χ1) is 7.84. The maximum absolute atomic E-state index is 11.9. The van der Waals surface area contributed by atoms with Gasteiger partial charge in [0.25, 0.3) is 0 Å². The van der Waals surface area contributed by atoms with Gasteiger partial charge in [-0.1, -0.05) is 13.3 Å². The normalized spacial score (nSPS) is 32.7. The quantitative estimate of drug-likeness (QED) is 0.701. The van der Waals surface area contributed by atoms with Crippen LogP contribution in [0.4, 0.5) is 4.79 Å². The Labute approximate surface area is 105 Å². The zero-order valence-corrected chi connectivity index (χ0v) is 11.6. The zero-order valence-electron chi connectivity index (χ0n) is 11.6. The molecule has 2 rings (SSSR count). The van der Waals surface area contributed by atoms with Gasteiger partial charge in [-0.2, -0.15) is 0 Å². The van der Waals surface area contributed by atoms with E-state index in [-0.39, 0.29) is 11.7 Å². The molecule has 0 aromatic carbocycles. The van der Waals surface area contributed by atoms with Crippen LogP contribution in [0.1, 0.15) is 53.4 Å². The van der Waals surface area contributed by atoms with Crippen molar-refractivity contribution in [2.45, 2.75) is 59.0 Å². The molecule has 1 heterocycles. The van der Waals surface area contributed by atoms with Crippen LogP contribution < -0.4 is 0 Å². The second-order valence-electron chi connectivity index (χ2n) is 6.83. The number of carbonyl (C=O) groups excluding carboxylic acids is 1. The summed E-state index contributed by atoms with van der Waals surface area (Å²) in [6, 6.07) is 0. The van der Waals surface area contributed by atoms with Gasteiger partial charge in [0.15, 0.2) is 0 Å². The molecule has 17 heavy (non-hydrogen) atoms. The summed E-state index contributed by atoms with van der Waals surface area (Å²) in [5.74, 6) is 0.897. The molecule has 1 aliphatic heterocycles. The summed E-state index contributed by atoms with van der Waals surface area (Å²) in [4.78, 5) is 13.8. The molecule has 1 saturated heterocycles. The molecule has 3 heteroatoms. The molecular weight excluding hydrogens is 214 g/mol. The molecule has 0 bridgehead atoms. The number of ether oxygens (including phenoxy) is 1. The van der Waals surface area contributed by atoms with Gasteiger partial charge in [-0.25, -0.2) is 4.79 Å². The van der Waals surface area contributed by atoms with Gasteiger partial charge in [0.05, 0.1) is 0 Å². The summed E-state index contributed by atoms with van der Waals surface area (Å²) in [7, 11) is 0. The molecule has 1 aliphatic carbocycles. The van der Waals surface area contributed by atoms with E-state index in [1.807, 2.05) is 25.7 Å². The molecule has 0 aromatic heterocycles. The van der Waals surface area contributed by atoms with Gasteiger partial charge in [0, 0.05) is 13.1 Å². The van der Waals surface area contributed by atoms with Crippen molar-refractivity contribution in [1.29, 1.82) is 0 Å². The SMILES string of the molecule is CCC1CC2(CCN(C(=O)OC(C)(C)C)C2)C1. The van der Waals surface area contributed by atoms with E-state index in [9.17, 15) is 4.79 Å². The van der Waals surface area contributed by atoms with Gasteiger partial charge in [0.1, 0.15) is 5.60 Å². The number of likely N-dealkylation sites (tertiary alicyclic amines) is 1. The highest BCUT2D eigenvalue weighted by Crippen LogP contribution is 2.52. The highest BCUT2D eigenvalue weighted by atomic mass is 16.6. The van der Waals surface area contributed by atoms with Crippen LogP contribution in [0.25, 0.3) is 0 Å². The monoisotopic (exact) mass is 239 g/mol. The minimum Gasteiger partial charge on any atom is -0.444 e. The molecule has 3 nitrogen and oxygen atoms in total. The molecule has 0 N–H and O–H groups in total. The lowest BCUT2D eigenvalue weighted by molar-refractivity contribution is 0.0179. The number of amides is 1. The van der Waals surface area contributed by atoms with E-state index in [1.54, 1.807) is 0 Å². The van der Waals surface area contributed by atoms with Crippen LogP contribution in [-0.4, -0.2) is 29.7 Å². The van der Waals surface area contributed by atoms with Crippen LogP contribution in [-0.2, 0) is 4.74 Å². The van der Waals surface area contributed by atoms with E-state index in [0.29, 0.717) is 5.41 Å². The van der Waals surface area contributed by atoms with E-state index in [0.717, 1.165) is 19.0 Å². The molecule has 1 amide bonds. The van der Waals surface area contributed by atoms with E-state index < -0.39 is 0 Å². The van der Waals surface area contributed by atoms with Crippen molar-refractivity contribution in [3.05, 3.63) is 0 Å².